The fourth-order valence-electron chi connectivity index (χ4n) is 2.26. The van der Waals surface area contributed by atoms with E-state index in [0.29, 0.717) is 12.2 Å². The molecule has 2 rings (SSSR count). The maximum atomic E-state index is 12.5. The van der Waals surface area contributed by atoms with E-state index < -0.39 is 16.0 Å². The molecule has 1 saturated heterocycles. The zero-order valence-corrected chi connectivity index (χ0v) is 13.5. The van der Waals surface area contributed by atoms with Gasteiger partial charge in [0.25, 0.3) is 0 Å². The number of carboxylic acid groups (broad SMARTS) is 1. The molecule has 0 amide bonds. The summed E-state index contributed by atoms with van der Waals surface area (Å²) in [5.74, 6) is -1.18. The number of carboxylic acids is 1. The summed E-state index contributed by atoms with van der Waals surface area (Å²) in [5, 5.41) is 10.5. The third-order valence-corrected chi connectivity index (χ3v) is 4.86. The maximum Gasteiger partial charge on any atom is 0.244 e. The monoisotopic (exact) mass is 340 g/mol. The van der Waals surface area contributed by atoms with Crippen LogP contribution < -0.4 is 14.6 Å². The van der Waals surface area contributed by atoms with Crippen LogP contribution in [-0.2, 0) is 19.6 Å². The minimum atomic E-state index is -3.80. The van der Waals surface area contributed by atoms with Gasteiger partial charge in [-0.05, 0) is 36.6 Å². The Hall–Kier alpha value is -1.90. The minimum absolute atomic E-state index is 0.0569. The normalized spacial score (nSPS) is 18.4. The number of carbonyl (C=O) groups excluding carboxylic acids is 1. The fourth-order valence-corrected chi connectivity index (χ4v) is 3.53. The maximum absolute atomic E-state index is 12.5. The molecule has 1 atom stereocenters. The minimum Gasteiger partial charge on any atom is -0.545 e. The van der Waals surface area contributed by atoms with Gasteiger partial charge in [-0.25, -0.2) is 13.1 Å². The fraction of sp³-hybridized carbons (Fsp3) is 0.400. The molecule has 1 aliphatic heterocycles. The summed E-state index contributed by atoms with van der Waals surface area (Å²) in [4.78, 5) is 10.4. The number of methoxy groups -OCH3 is 1. The standard InChI is InChI=1S/C15H19NO6S/c1-21-13-6-4-11(5-7-15(17)18)9-14(13)23(19,20)16-10-12-3-2-8-22-12/h4-7,9,12,16H,2-3,8,10H2,1H3,(H,17,18)/p-1/b7-5+/t12-/m1/s1. The molecule has 8 heteroatoms. The lowest BCUT2D eigenvalue weighted by atomic mass is 10.2. The largest absolute Gasteiger partial charge is 0.545 e. The van der Waals surface area contributed by atoms with Gasteiger partial charge in [0.2, 0.25) is 10.0 Å². The van der Waals surface area contributed by atoms with Gasteiger partial charge in [-0.2, -0.15) is 0 Å². The van der Waals surface area contributed by atoms with Crippen LogP contribution in [-0.4, -0.2) is 40.8 Å². The summed E-state index contributed by atoms with van der Waals surface area (Å²) in [5.41, 5.74) is 0.410. The molecular weight excluding hydrogens is 322 g/mol. The lowest BCUT2D eigenvalue weighted by molar-refractivity contribution is -0.297. The van der Waals surface area contributed by atoms with Crippen molar-refractivity contribution in [3.05, 3.63) is 29.8 Å². The number of rotatable bonds is 7. The second-order valence-electron chi connectivity index (χ2n) is 5.05. The number of hydrogen-bond acceptors (Lipinski definition) is 6. The van der Waals surface area contributed by atoms with Crippen molar-refractivity contribution < 1.29 is 27.8 Å². The van der Waals surface area contributed by atoms with E-state index in [1.165, 1.54) is 25.3 Å². The average Bonchev–Trinajstić information content (AvgIpc) is 3.04. The topological polar surface area (TPSA) is 105 Å². The molecule has 1 fully saturated rings. The van der Waals surface area contributed by atoms with Gasteiger partial charge >= 0.3 is 0 Å². The first-order chi connectivity index (χ1) is 10.9. The molecule has 7 nitrogen and oxygen atoms in total. The van der Waals surface area contributed by atoms with Gasteiger partial charge in [0, 0.05) is 13.2 Å². The Morgan fingerprint density at radius 3 is 2.91 bits per heavy atom. The summed E-state index contributed by atoms with van der Waals surface area (Å²) in [7, 11) is -2.44. The summed E-state index contributed by atoms with van der Waals surface area (Å²) < 4.78 is 37.9. The predicted molar refractivity (Wildman–Crippen MR) is 81.2 cm³/mol. The van der Waals surface area contributed by atoms with Crippen molar-refractivity contribution in [3.63, 3.8) is 0 Å². The zero-order valence-electron chi connectivity index (χ0n) is 12.7. The first-order valence-electron chi connectivity index (χ1n) is 7.11. The first kappa shape index (κ1) is 17.5. The number of ether oxygens (including phenoxy) is 2. The molecule has 1 aromatic carbocycles. The van der Waals surface area contributed by atoms with Crippen molar-refractivity contribution in [1.29, 1.82) is 0 Å². The molecule has 1 N–H and O–H groups in total. The van der Waals surface area contributed by atoms with Crippen molar-refractivity contribution in [2.75, 3.05) is 20.3 Å². The average molecular weight is 340 g/mol. The van der Waals surface area contributed by atoms with E-state index >= 15 is 0 Å². The molecule has 1 heterocycles. The molecule has 23 heavy (non-hydrogen) atoms. The van der Waals surface area contributed by atoms with Gasteiger partial charge in [-0.15, -0.1) is 0 Å². The van der Waals surface area contributed by atoms with Crippen LogP contribution in [0.25, 0.3) is 6.08 Å². The van der Waals surface area contributed by atoms with Crippen LogP contribution in [0.2, 0.25) is 0 Å². The van der Waals surface area contributed by atoms with Crippen LogP contribution in [0.3, 0.4) is 0 Å². The number of carbonyl (C=O) groups is 1. The summed E-state index contributed by atoms with van der Waals surface area (Å²) >= 11 is 0. The summed E-state index contributed by atoms with van der Waals surface area (Å²) in [6.45, 7) is 0.823. The third-order valence-electron chi connectivity index (χ3n) is 3.41. The Labute approximate surface area is 135 Å². The van der Waals surface area contributed by atoms with Gasteiger partial charge in [0.05, 0.1) is 19.2 Å². The van der Waals surface area contributed by atoms with E-state index in [0.717, 1.165) is 18.9 Å². The SMILES string of the molecule is COc1ccc(/C=C/C(=O)[O-])cc1S(=O)(=O)NC[C@H]1CCCO1. The summed E-state index contributed by atoms with van der Waals surface area (Å²) in [6, 6.07) is 4.36. The molecule has 1 aliphatic rings. The Morgan fingerprint density at radius 2 is 2.30 bits per heavy atom. The van der Waals surface area contributed by atoms with Crippen molar-refractivity contribution in [2.45, 2.75) is 23.8 Å². The highest BCUT2D eigenvalue weighted by atomic mass is 32.2. The Balaban J connectivity index is 2.23. The number of hydrogen-bond donors (Lipinski definition) is 1. The van der Waals surface area contributed by atoms with Gasteiger partial charge in [-0.1, -0.05) is 12.1 Å². The second-order valence-corrected chi connectivity index (χ2v) is 6.78. The van der Waals surface area contributed by atoms with Crippen LogP contribution in [0.5, 0.6) is 5.75 Å². The van der Waals surface area contributed by atoms with Crippen LogP contribution in [0.15, 0.2) is 29.2 Å². The van der Waals surface area contributed by atoms with Crippen molar-refractivity contribution in [3.8, 4) is 5.75 Å². The number of aliphatic carboxylic acids is 1. The van der Waals surface area contributed by atoms with Crippen LogP contribution in [0.4, 0.5) is 0 Å². The molecular formula is C15H18NO6S-. The highest BCUT2D eigenvalue weighted by Gasteiger charge is 2.23. The smallest absolute Gasteiger partial charge is 0.244 e. The molecule has 0 saturated carbocycles. The Bertz CT molecular complexity index is 692. The molecule has 126 valence electrons. The quantitative estimate of drug-likeness (QED) is 0.696. The van der Waals surface area contributed by atoms with Crippen LogP contribution in [0, 0.1) is 0 Å². The molecule has 0 bridgehead atoms. The predicted octanol–water partition coefficient (Wildman–Crippen LogP) is -0.0844. The van der Waals surface area contributed by atoms with E-state index in [-0.39, 0.29) is 23.3 Å². The van der Waals surface area contributed by atoms with Crippen LogP contribution in [0.1, 0.15) is 18.4 Å². The van der Waals surface area contributed by atoms with Gasteiger partial charge < -0.3 is 19.4 Å². The van der Waals surface area contributed by atoms with E-state index in [2.05, 4.69) is 4.72 Å². The zero-order chi connectivity index (χ0) is 16.9. The van der Waals surface area contributed by atoms with Gasteiger partial charge in [0.15, 0.2) is 0 Å². The third kappa shape index (κ3) is 4.78. The Morgan fingerprint density at radius 1 is 1.52 bits per heavy atom. The van der Waals surface area contributed by atoms with E-state index in [9.17, 15) is 18.3 Å². The first-order valence-corrected chi connectivity index (χ1v) is 8.59. The van der Waals surface area contributed by atoms with E-state index in [1.54, 1.807) is 6.07 Å². The van der Waals surface area contributed by atoms with Crippen LogP contribution >= 0.6 is 0 Å². The number of nitrogens with one attached hydrogen (secondary N) is 1. The molecule has 0 aromatic heterocycles. The van der Waals surface area contributed by atoms with Crippen molar-refractivity contribution in [2.24, 2.45) is 0 Å². The van der Waals surface area contributed by atoms with Crippen molar-refractivity contribution >= 4 is 22.1 Å². The number of sulfonamides is 1. The highest BCUT2D eigenvalue weighted by molar-refractivity contribution is 7.89. The molecule has 0 radical (unpaired) electrons. The molecule has 0 aliphatic carbocycles. The van der Waals surface area contributed by atoms with Crippen molar-refractivity contribution in [1.82, 2.24) is 4.72 Å². The number of benzene rings is 1. The second kappa shape index (κ2) is 7.58. The van der Waals surface area contributed by atoms with E-state index in [4.69, 9.17) is 9.47 Å². The van der Waals surface area contributed by atoms with Gasteiger partial charge in [-0.3, -0.25) is 0 Å². The van der Waals surface area contributed by atoms with Gasteiger partial charge in [0.1, 0.15) is 10.6 Å². The molecule has 0 unspecified atom stereocenters. The molecule has 0 spiro atoms. The lowest BCUT2D eigenvalue weighted by Gasteiger charge is -2.14. The Kier molecular flexibility index (Phi) is 5.75. The highest BCUT2D eigenvalue weighted by Crippen LogP contribution is 2.25. The lowest BCUT2D eigenvalue weighted by Crippen LogP contribution is -2.32. The molecule has 1 aromatic rings. The van der Waals surface area contributed by atoms with E-state index in [1.807, 2.05) is 0 Å². The summed E-state index contributed by atoms with van der Waals surface area (Å²) in [6.07, 6.45) is 3.69.